The lowest BCUT2D eigenvalue weighted by atomic mass is 9.43. The average Bonchev–Trinajstić information content (AvgIpc) is 3.34. The molecule has 5 heteroatoms. The van der Waals surface area contributed by atoms with Crippen molar-refractivity contribution in [1.29, 1.82) is 0 Å². The molecule has 4 saturated carbocycles. The molecule has 0 aromatic heterocycles. The van der Waals surface area contributed by atoms with Gasteiger partial charge in [-0.25, -0.2) is 0 Å². The van der Waals surface area contributed by atoms with Crippen molar-refractivity contribution < 1.29 is 23.7 Å². The summed E-state index contributed by atoms with van der Waals surface area (Å²) in [6, 6.07) is 0. The van der Waals surface area contributed by atoms with Crippen LogP contribution < -0.4 is 0 Å². The summed E-state index contributed by atoms with van der Waals surface area (Å²) in [6.07, 6.45) is 7.91. The molecule has 0 aromatic rings. The lowest BCUT2D eigenvalue weighted by Crippen LogP contribution is -2.65. The van der Waals surface area contributed by atoms with Gasteiger partial charge in [-0.2, -0.15) is 0 Å². The van der Waals surface area contributed by atoms with E-state index in [4.69, 9.17) is 18.9 Å². The minimum absolute atomic E-state index is 0.119. The van der Waals surface area contributed by atoms with Crippen molar-refractivity contribution >= 4 is 5.78 Å². The first kappa shape index (κ1) is 21.1. The summed E-state index contributed by atoms with van der Waals surface area (Å²) in [5.74, 6) is 1.79. The molecule has 31 heavy (non-hydrogen) atoms. The van der Waals surface area contributed by atoms with Crippen LogP contribution in [0.5, 0.6) is 0 Å². The zero-order chi connectivity index (χ0) is 21.8. The summed E-state index contributed by atoms with van der Waals surface area (Å²) in [6.45, 7) is 12.2. The second-order valence-corrected chi connectivity index (χ2v) is 12.6. The largest absolute Gasteiger partial charge is 0.347 e. The number of ether oxygens (including phenoxy) is 4. The molecule has 6 rings (SSSR count). The molecule has 2 heterocycles. The maximum Gasteiger partial charge on any atom is 0.172 e. The topological polar surface area (TPSA) is 54.0 Å². The van der Waals surface area contributed by atoms with Crippen molar-refractivity contribution in [2.45, 2.75) is 103 Å². The van der Waals surface area contributed by atoms with E-state index in [1.165, 1.54) is 19.3 Å². The number of ketones is 1. The molecular weight excluding hydrogens is 392 g/mol. The van der Waals surface area contributed by atoms with E-state index in [0.717, 1.165) is 25.7 Å². The fourth-order valence-corrected chi connectivity index (χ4v) is 9.77. The second kappa shape index (κ2) is 6.55. The van der Waals surface area contributed by atoms with Crippen molar-refractivity contribution in [2.24, 2.45) is 40.4 Å². The summed E-state index contributed by atoms with van der Waals surface area (Å²) in [4.78, 5) is 12.5. The van der Waals surface area contributed by atoms with Crippen LogP contribution in [-0.2, 0) is 23.7 Å². The van der Waals surface area contributed by atoms with Gasteiger partial charge in [-0.3, -0.25) is 4.79 Å². The highest BCUT2D eigenvalue weighted by Gasteiger charge is 2.70. The number of carbonyl (C=O) groups excluding carboxylic acids is 1. The molecule has 4 aliphatic carbocycles. The number of Topliss-reactive ketones (excluding diaryl/α,β-unsaturated/α-hetero) is 1. The predicted molar refractivity (Wildman–Crippen MR) is 115 cm³/mol. The monoisotopic (exact) mass is 432 g/mol. The first-order valence-corrected chi connectivity index (χ1v) is 12.7. The Morgan fingerprint density at radius 2 is 1.52 bits per heavy atom. The standard InChI is InChI=1S/C26H40O5/c1-15(27)17-6-7-18-16-13-26(28-10-11-29-26)22-12-20-21(31-23(2,3)30-20)14-25(22,5)19(16)8-9-24(17,18)4/h16-22H,6-14H2,1-5H3/t16-,17+,18-,19-,20-,21+,22-,24+,25+/m0/s1. The van der Waals surface area contributed by atoms with E-state index in [1.807, 2.05) is 20.8 Å². The van der Waals surface area contributed by atoms with Crippen LogP contribution in [0.1, 0.15) is 79.6 Å². The summed E-state index contributed by atoms with van der Waals surface area (Å²) >= 11 is 0. The molecule has 6 aliphatic rings. The van der Waals surface area contributed by atoms with Crippen LogP contribution in [0, 0.1) is 40.4 Å². The van der Waals surface area contributed by atoms with Crippen LogP contribution >= 0.6 is 0 Å². The molecule has 0 aromatic carbocycles. The van der Waals surface area contributed by atoms with Gasteiger partial charge in [0.05, 0.1) is 25.4 Å². The van der Waals surface area contributed by atoms with Crippen molar-refractivity contribution in [2.75, 3.05) is 13.2 Å². The Labute approximate surface area is 186 Å². The van der Waals surface area contributed by atoms with Crippen molar-refractivity contribution in [3.63, 3.8) is 0 Å². The summed E-state index contributed by atoms with van der Waals surface area (Å²) in [7, 11) is 0. The van der Waals surface area contributed by atoms with Crippen molar-refractivity contribution in [3.05, 3.63) is 0 Å². The molecule has 0 amide bonds. The van der Waals surface area contributed by atoms with Gasteiger partial charge in [-0.1, -0.05) is 13.8 Å². The average molecular weight is 433 g/mol. The van der Waals surface area contributed by atoms with Crippen LogP contribution in [0.15, 0.2) is 0 Å². The molecule has 0 bridgehead atoms. The van der Waals surface area contributed by atoms with Gasteiger partial charge in [0, 0.05) is 18.3 Å². The zero-order valence-corrected chi connectivity index (χ0v) is 19.9. The Balaban J connectivity index is 1.39. The second-order valence-electron chi connectivity index (χ2n) is 12.6. The normalized spacial score (nSPS) is 54.2. The quantitative estimate of drug-likeness (QED) is 0.600. The highest BCUT2D eigenvalue weighted by atomic mass is 16.8. The number of carbonyl (C=O) groups is 1. The SMILES string of the molecule is CC(=O)[C@H]1CC[C@H]2[C@@H]3CC4(OCCO4)[C@H]4C[C@@H]5OC(C)(C)O[C@@H]5C[C@]4(C)[C@H]3CC[C@]12C. The summed E-state index contributed by atoms with van der Waals surface area (Å²) in [5.41, 5.74) is 0.260. The molecule has 1 spiro atoms. The van der Waals surface area contributed by atoms with E-state index in [2.05, 4.69) is 13.8 Å². The zero-order valence-electron chi connectivity index (χ0n) is 19.9. The maximum absolute atomic E-state index is 12.5. The van der Waals surface area contributed by atoms with Crippen LogP contribution in [0.4, 0.5) is 0 Å². The van der Waals surface area contributed by atoms with E-state index in [-0.39, 0.29) is 29.0 Å². The van der Waals surface area contributed by atoms with Gasteiger partial charge in [0.25, 0.3) is 0 Å². The molecule has 2 aliphatic heterocycles. The van der Waals surface area contributed by atoms with Crippen molar-refractivity contribution in [1.82, 2.24) is 0 Å². The first-order valence-electron chi connectivity index (χ1n) is 12.7. The Morgan fingerprint density at radius 3 is 2.23 bits per heavy atom. The highest BCUT2D eigenvalue weighted by molar-refractivity contribution is 5.79. The van der Waals surface area contributed by atoms with Crippen LogP contribution in [0.25, 0.3) is 0 Å². The van der Waals surface area contributed by atoms with Gasteiger partial charge in [0.2, 0.25) is 0 Å². The maximum atomic E-state index is 12.5. The molecule has 0 unspecified atom stereocenters. The van der Waals surface area contributed by atoms with Gasteiger partial charge in [0.1, 0.15) is 5.78 Å². The summed E-state index contributed by atoms with van der Waals surface area (Å²) in [5, 5.41) is 0. The molecular formula is C26H40O5. The molecule has 174 valence electrons. The van der Waals surface area contributed by atoms with Gasteiger partial charge < -0.3 is 18.9 Å². The van der Waals surface area contributed by atoms with E-state index >= 15 is 0 Å². The van der Waals surface area contributed by atoms with E-state index in [0.29, 0.717) is 42.7 Å². The molecule has 9 atom stereocenters. The van der Waals surface area contributed by atoms with Gasteiger partial charge in [-0.15, -0.1) is 0 Å². The third kappa shape index (κ3) is 2.79. The third-order valence-electron chi connectivity index (χ3n) is 10.8. The van der Waals surface area contributed by atoms with Gasteiger partial charge in [-0.05, 0) is 87.9 Å². The molecule has 6 fully saturated rings. The first-order chi connectivity index (χ1) is 14.6. The number of hydrogen-bond donors (Lipinski definition) is 0. The smallest absolute Gasteiger partial charge is 0.172 e. The van der Waals surface area contributed by atoms with Crippen LogP contribution in [0.3, 0.4) is 0 Å². The Bertz CT molecular complexity index is 772. The Morgan fingerprint density at radius 1 is 0.839 bits per heavy atom. The Hall–Kier alpha value is -0.490. The third-order valence-corrected chi connectivity index (χ3v) is 10.8. The van der Waals surface area contributed by atoms with E-state index in [9.17, 15) is 4.79 Å². The molecule has 0 radical (unpaired) electrons. The fraction of sp³-hybridized carbons (Fsp3) is 0.962. The molecule has 0 N–H and O–H groups in total. The predicted octanol–water partition coefficient (Wildman–Crippen LogP) is 4.72. The lowest BCUT2D eigenvalue weighted by Gasteiger charge is -2.65. The van der Waals surface area contributed by atoms with Crippen LogP contribution in [-0.4, -0.2) is 42.8 Å². The minimum atomic E-state index is -0.506. The summed E-state index contributed by atoms with van der Waals surface area (Å²) < 4.78 is 25.8. The molecule has 2 saturated heterocycles. The van der Waals surface area contributed by atoms with E-state index < -0.39 is 11.6 Å². The highest BCUT2D eigenvalue weighted by Crippen LogP contribution is 2.70. The van der Waals surface area contributed by atoms with Crippen molar-refractivity contribution in [3.8, 4) is 0 Å². The lowest BCUT2D eigenvalue weighted by molar-refractivity contribution is -0.300. The Kier molecular flexibility index (Phi) is 4.45. The van der Waals surface area contributed by atoms with Gasteiger partial charge >= 0.3 is 0 Å². The number of hydrogen-bond acceptors (Lipinski definition) is 5. The molecule has 5 nitrogen and oxygen atoms in total. The minimum Gasteiger partial charge on any atom is -0.347 e. The number of fused-ring (bicyclic) bond motifs is 7. The van der Waals surface area contributed by atoms with Gasteiger partial charge in [0.15, 0.2) is 11.6 Å². The number of rotatable bonds is 1. The fourth-order valence-electron chi connectivity index (χ4n) is 9.77. The van der Waals surface area contributed by atoms with Crippen LogP contribution in [0.2, 0.25) is 0 Å². The van der Waals surface area contributed by atoms with E-state index in [1.54, 1.807) is 0 Å².